The zero-order chi connectivity index (χ0) is 20.7. The number of likely N-dealkylation sites (tertiary alicyclic amines) is 1. The zero-order valence-electron chi connectivity index (χ0n) is 16.5. The van der Waals surface area contributed by atoms with E-state index in [9.17, 15) is 13.6 Å². The van der Waals surface area contributed by atoms with Gasteiger partial charge in [0.2, 0.25) is 0 Å². The first-order valence-electron chi connectivity index (χ1n) is 9.57. The number of piperidine rings is 1. The smallest absolute Gasteiger partial charge is 0.280 e. The van der Waals surface area contributed by atoms with Gasteiger partial charge in [0.05, 0.1) is 17.0 Å². The highest BCUT2D eigenvalue weighted by atomic mass is 19.3. The second kappa shape index (κ2) is 7.46. The predicted molar refractivity (Wildman–Crippen MR) is 102 cm³/mol. The van der Waals surface area contributed by atoms with E-state index in [1.807, 2.05) is 19.9 Å². The van der Waals surface area contributed by atoms with E-state index in [0.29, 0.717) is 30.0 Å². The van der Waals surface area contributed by atoms with Crippen molar-refractivity contribution in [1.82, 2.24) is 29.5 Å². The Morgan fingerprint density at radius 3 is 2.76 bits per heavy atom. The van der Waals surface area contributed by atoms with E-state index < -0.39 is 6.43 Å². The van der Waals surface area contributed by atoms with Gasteiger partial charge in [0.1, 0.15) is 12.0 Å². The Bertz CT molecular complexity index is 1070. The molecule has 1 saturated heterocycles. The first-order chi connectivity index (χ1) is 13.8. The Kier molecular flexibility index (Phi) is 4.97. The number of nitrogens with zero attached hydrogens (tertiary/aromatic N) is 6. The first-order valence-corrected chi connectivity index (χ1v) is 9.57. The minimum absolute atomic E-state index is 0.0927. The van der Waals surface area contributed by atoms with Gasteiger partial charge in [-0.2, -0.15) is 10.1 Å². The van der Waals surface area contributed by atoms with Crippen LogP contribution in [0.2, 0.25) is 0 Å². The number of hydrogen-bond acceptors (Lipinski definition) is 5. The van der Waals surface area contributed by atoms with Crippen molar-refractivity contribution >= 4 is 11.7 Å². The Morgan fingerprint density at radius 1 is 1.24 bits per heavy atom. The zero-order valence-corrected chi connectivity index (χ0v) is 16.5. The summed E-state index contributed by atoms with van der Waals surface area (Å²) in [6.45, 7) is 6.79. The van der Waals surface area contributed by atoms with E-state index in [2.05, 4.69) is 27.0 Å². The summed E-state index contributed by atoms with van der Waals surface area (Å²) in [7, 11) is 0. The number of alkyl halides is 2. The summed E-state index contributed by atoms with van der Waals surface area (Å²) in [6.07, 6.45) is -0.635. The van der Waals surface area contributed by atoms with Crippen molar-refractivity contribution in [1.29, 1.82) is 0 Å². The Morgan fingerprint density at radius 2 is 2.03 bits per heavy atom. The fourth-order valence-electron chi connectivity index (χ4n) is 3.95. The number of amides is 1. The van der Waals surface area contributed by atoms with Gasteiger partial charge in [0, 0.05) is 24.7 Å². The average molecular weight is 400 g/mol. The van der Waals surface area contributed by atoms with Crippen molar-refractivity contribution in [2.45, 2.75) is 39.5 Å². The maximum absolute atomic E-state index is 13.4. The number of carbonyl (C=O) groups excluding carboxylic acids is 1. The van der Waals surface area contributed by atoms with Gasteiger partial charge >= 0.3 is 0 Å². The standard InChI is InChI=1S/C20H22F2N6O/c1-11-6-7-27(19(29)14-5-4-12(2)25-13(14)3)9-15(11)17-8-16(18(21)22)26-20-23-10-24-28(17)20/h4-5,8,10-11,15,18H,6-7,9H2,1-3H3/t11-,15-/m1/s1. The third kappa shape index (κ3) is 3.56. The summed E-state index contributed by atoms with van der Waals surface area (Å²) < 4.78 is 28.2. The molecular formula is C20H22F2N6O. The van der Waals surface area contributed by atoms with E-state index in [4.69, 9.17) is 0 Å². The fourth-order valence-corrected chi connectivity index (χ4v) is 3.95. The fraction of sp³-hybridized carbons (Fsp3) is 0.450. The van der Waals surface area contributed by atoms with Crippen LogP contribution in [0.1, 0.15) is 58.8 Å². The third-order valence-corrected chi connectivity index (χ3v) is 5.60. The molecule has 1 fully saturated rings. The van der Waals surface area contributed by atoms with Gasteiger partial charge in [-0.3, -0.25) is 9.78 Å². The molecule has 1 aliphatic rings. The van der Waals surface area contributed by atoms with Crippen molar-refractivity contribution < 1.29 is 13.6 Å². The van der Waals surface area contributed by atoms with Gasteiger partial charge in [0.15, 0.2) is 0 Å². The molecule has 0 unspecified atom stereocenters. The minimum Gasteiger partial charge on any atom is -0.338 e. The number of rotatable bonds is 3. The third-order valence-electron chi connectivity index (χ3n) is 5.60. The highest BCUT2D eigenvalue weighted by Crippen LogP contribution is 2.34. The molecule has 0 spiro atoms. The molecule has 0 radical (unpaired) electrons. The van der Waals surface area contributed by atoms with Gasteiger partial charge < -0.3 is 4.90 Å². The SMILES string of the molecule is Cc1ccc(C(=O)N2CC[C@@H](C)[C@H](c3cc(C(F)F)nc4ncnn34)C2)c(C)n1. The molecule has 0 bridgehead atoms. The summed E-state index contributed by atoms with van der Waals surface area (Å²) in [5.41, 5.74) is 2.39. The number of aromatic nitrogens is 5. The van der Waals surface area contributed by atoms with Crippen LogP contribution < -0.4 is 0 Å². The number of halogens is 2. The molecule has 0 saturated carbocycles. The first kappa shape index (κ1) is 19.4. The van der Waals surface area contributed by atoms with Crippen LogP contribution in [0.4, 0.5) is 8.78 Å². The molecule has 4 rings (SSSR count). The normalized spacial score (nSPS) is 19.9. The van der Waals surface area contributed by atoms with E-state index in [-0.39, 0.29) is 29.2 Å². The van der Waals surface area contributed by atoms with E-state index >= 15 is 0 Å². The highest BCUT2D eigenvalue weighted by molar-refractivity contribution is 5.95. The molecule has 0 N–H and O–H groups in total. The topological polar surface area (TPSA) is 76.3 Å². The Hall–Kier alpha value is -2.97. The van der Waals surface area contributed by atoms with Crippen molar-refractivity contribution in [3.63, 3.8) is 0 Å². The van der Waals surface area contributed by atoms with E-state index in [0.717, 1.165) is 12.1 Å². The van der Waals surface area contributed by atoms with Gasteiger partial charge in [-0.1, -0.05) is 6.92 Å². The maximum atomic E-state index is 13.4. The molecule has 7 nitrogen and oxygen atoms in total. The van der Waals surface area contributed by atoms with Crippen LogP contribution in [0.5, 0.6) is 0 Å². The molecule has 3 aromatic heterocycles. The monoisotopic (exact) mass is 400 g/mol. The van der Waals surface area contributed by atoms with Crippen LogP contribution in [-0.4, -0.2) is 48.5 Å². The van der Waals surface area contributed by atoms with Crippen molar-refractivity contribution in [2.24, 2.45) is 5.92 Å². The van der Waals surface area contributed by atoms with Crippen LogP contribution in [0.25, 0.3) is 5.78 Å². The van der Waals surface area contributed by atoms with Crippen molar-refractivity contribution in [3.8, 4) is 0 Å². The molecule has 152 valence electrons. The van der Waals surface area contributed by atoms with Crippen LogP contribution in [-0.2, 0) is 0 Å². The summed E-state index contributed by atoms with van der Waals surface area (Å²) in [5, 5.41) is 4.17. The largest absolute Gasteiger partial charge is 0.338 e. The Balaban J connectivity index is 1.69. The van der Waals surface area contributed by atoms with Crippen LogP contribution in [0, 0.1) is 19.8 Å². The summed E-state index contributed by atoms with van der Waals surface area (Å²) in [4.78, 5) is 27.2. The van der Waals surface area contributed by atoms with Gasteiger partial charge in [-0.05, 0) is 44.4 Å². The lowest BCUT2D eigenvalue weighted by Crippen LogP contribution is -2.43. The van der Waals surface area contributed by atoms with Gasteiger partial charge in [-0.15, -0.1) is 0 Å². The number of carbonyl (C=O) groups is 1. The molecule has 9 heteroatoms. The van der Waals surface area contributed by atoms with Gasteiger partial charge in [0.25, 0.3) is 18.1 Å². The average Bonchev–Trinajstić information content (AvgIpc) is 3.16. The van der Waals surface area contributed by atoms with Gasteiger partial charge in [-0.25, -0.2) is 18.3 Å². The van der Waals surface area contributed by atoms with Crippen molar-refractivity contribution in [2.75, 3.05) is 13.1 Å². The molecule has 0 aliphatic carbocycles. The lowest BCUT2D eigenvalue weighted by Gasteiger charge is -2.37. The molecule has 0 aromatic carbocycles. The van der Waals surface area contributed by atoms with E-state index in [1.54, 1.807) is 11.0 Å². The molecule has 1 amide bonds. The predicted octanol–water partition coefficient (Wildman–Crippen LogP) is 3.34. The Labute approximate surface area is 166 Å². The minimum atomic E-state index is -2.70. The van der Waals surface area contributed by atoms with Crippen LogP contribution in [0.3, 0.4) is 0 Å². The molecular weight excluding hydrogens is 378 g/mol. The summed E-state index contributed by atoms with van der Waals surface area (Å²) in [6, 6.07) is 5.01. The summed E-state index contributed by atoms with van der Waals surface area (Å²) >= 11 is 0. The molecule has 1 aliphatic heterocycles. The number of hydrogen-bond donors (Lipinski definition) is 0. The van der Waals surface area contributed by atoms with Crippen LogP contribution in [0.15, 0.2) is 24.5 Å². The lowest BCUT2D eigenvalue weighted by atomic mass is 9.84. The van der Waals surface area contributed by atoms with Crippen molar-refractivity contribution in [3.05, 3.63) is 52.9 Å². The quantitative estimate of drug-likeness (QED) is 0.674. The molecule has 3 aromatic rings. The van der Waals surface area contributed by atoms with E-state index in [1.165, 1.54) is 16.9 Å². The molecule has 4 heterocycles. The lowest BCUT2D eigenvalue weighted by molar-refractivity contribution is 0.0664. The second-order valence-electron chi connectivity index (χ2n) is 7.59. The molecule has 2 atom stereocenters. The summed E-state index contributed by atoms with van der Waals surface area (Å²) in [5.74, 6) is 0.0876. The number of pyridine rings is 1. The molecule has 29 heavy (non-hydrogen) atoms. The number of aryl methyl sites for hydroxylation is 2. The van der Waals surface area contributed by atoms with Crippen LogP contribution >= 0.6 is 0 Å². The highest BCUT2D eigenvalue weighted by Gasteiger charge is 2.33. The maximum Gasteiger partial charge on any atom is 0.280 e. The number of fused-ring (bicyclic) bond motifs is 1. The second-order valence-corrected chi connectivity index (χ2v) is 7.59.